The maximum absolute atomic E-state index is 10.7. The molecule has 1 aliphatic heterocycles. The number of carbonyl (C=O) groups is 1. The summed E-state index contributed by atoms with van der Waals surface area (Å²) in [7, 11) is 0. The van der Waals surface area contributed by atoms with Crippen LogP contribution in [0.2, 0.25) is 0 Å². The van der Waals surface area contributed by atoms with E-state index in [2.05, 4.69) is 9.98 Å². The number of hydrogen-bond donors (Lipinski definition) is 1. The highest BCUT2D eigenvalue weighted by Crippen LogP contribution is 2.28. The van der Waals surface area contributed by atoms with Gasteiger partial charge in [-0.25, -0.2) is 0 Å². The molecule has 0 fully saturated rings. The SMILES string of the molecule is O=C([O-])[C@@H]1CSC(c2c[nH]c3ccccc23)=N1. The fraction of sp³-hybridized carbons (Fsp3) is 0.167. The number of H-pyrrole nitrogens is 1. The molecule has 0 spiro atoms. The van der Waals surface area contributed by atoms with Crippen LogP contribution in [0.1, 0.15) is 5.56 Å². The number of thioether (sulfide) groups is 1. The summed E-state index contributed by atoms with van der Waals surface area (Å²) in [6.45, 7) is 0. The number of fused-ring (bicyclic) bond motifs is 1. The van der Waals surface area contributed by atoms with Gasteiger partial charge in [-0.15, -0.1) is 11.8 Å². The number of hydrogen-bond acceptors (Lipinski definition) is 4. The zero-order valence-electron chi connectivity index (χ0n) is 8.84. The Bertz CT molecular complexity index is 618. The minimum absolute atomic E-state index is 0.456. The number of nitrogens with one attached hydrogen (secondary N) is 1. The average Bonchev–Trinajstić information content (AvgIpc) is 2.95. The molecule has 1 N–H and O–H groups in total. The van der Waals surface area contributed by atoms with E-state index in [1.807, 2.05) is 30.5 Å². The van der Waals surface area contributed by atoms with Crippen LogP contribution in [-0.4, -0.2) is 27.8 Å². The number of para-hydroxylation sites is 1. The first kappa shape index (κ1) is 10.4. The summed E-state index contributed by atoms with van der Waals surface area (Å²) in [5.41, 5.74) is 2.00. The molecule has 1 atom stereocenters. The number of rotatable bonds is 2. The lowest BCUT2D eigenvalue weighted by atomic mass is 10.2. The largest absolute Gasteiger partial charge is 0.548 e. The van der Waals surface area contributed by atoms with Gasteiger partial charge in [-0.1, -0.05) is 18.2 Å². The van der Waals surface area contributed by atoms with Gasteiger partial charge in [0.15, 0.2) is 0 Å². The fourth-order valence-corrected chi connectivity index (χ4v) is 2.94. The Kier molecular flexibility index (Phi) is 2.40. The van der Waals surface area contributed by atoms with E-state index >= 15 is 0 Å². The van der Waals surface area contributed by atoms with Gasteiger partial charge in [-0.05, 0) is 6.07 Å². The number of carboxylic acids is 1. The summed E-state index contributed by atoms with van der Waals surface area (Å²) in [6.07, 6.45) is 1.87. The van der Waals surface area contributed by atoms with Crippen LogP contribution in [0.25, 0.3) is 10.9 Å². The minimum Gasteiger partial charge on any atom is -0.548 e. The predicted molar refractivity (Wildman–Crippen MR) is 66.1 cm³/mol. The highest BCUT2D eigenvalue weighted by Gasteiger charge is 2.21. The molecule has 0 saturated heterocycles. The number of carboxylic acid groups (broad SMARTS) is 1. The molecule has 86 valence electrons. The lowest BCUT2D eigenvalue weighted by Crippen LogP contribution is -2.34. The van der Waals surface area contributed by atoms with Gasteiger partial charge in [-0.3, -0.25) is 4.99 Å². The van der Waals surface area contributed by atoms with Crippen molar-refractivity contribution >= 4 is 33.7 Å². The molecule has 1 aromatic carbocycles. The number of aliphatic imine (C=N–C) groups is 1. The zero-order valence-corrected chi connectivity index (χ0v) is 9.66. The van der Waals surface area contributed by atoms with E-state index in [4.69, 9.17) is 0 Å². The van der Waals surface area contributed by atoms with Gasteiger partial charge in [0.1, 0.15) is 11.1 Å². The number of nitrogens with zero attached hydrogens (tertiary/aromatic N) is 1. The van der Waals surface area contributed by atoms with E-state index in [1.165, 1.54) is 11.8 Å². The Labute approximate surface area is 102 Å². The lowest BCUT2D eigenvalue weighted by molar-refractivity contribution is -0.306. The smallest absolute Gasteiger partial charge is 0.101 e. The van der Waals surface area contributed by atoms with Crippen LogP contribution in [0.4, 0.5) is 0 Å². The molecule has 1 aromatic heterocycles. The van der Waals surface area contributed by atoms with E-state index in [0.717, 1.165) is 21.5 Å². The quantitative estimate of drug-likeness (QED) is 0.850. The maximum atomic E-state index is 10.7. The lowest BCUT2D eigenvalue weighted by Gasteiger charge is -2.04. The topological polar surface area (TPSA) is 68.3 Å². The zero-order chi connectivity index (χ0) is 11.8. The summed E-state index contributed by atoms with van der Waals surface area (Å²) < 4.78 is 0. The van der Waals surface area contributed by atoms with E-state index in [-0.39, 0.29) is 0 Å². The van der Waals surface area contributed by atoms with Crippen molar-refractivity contribution in [3.8, 4) is 0 Å². The summed E-state index contributed by atoms with van der Waals surface area (Å²) in [6, 6.07) is 7.17. The number of aromatic nitrogens is 1. The molecule has 0 amide bonds. The second-order valence-corrected chi connectivity index (χ2v) is 4.84. The highest BCUT2D eigenvalue weighted by molar-refractivity contribution is 8.14. The van der Waals surface area contributed by atoms with E-state index in [1.54, 1.807) is 0 Å². The van der Waals surface area contributed by atoms with Crippen LogP contribution in [0.3, 0.4) is 0 Å². The Morgan fingerprint density at radius 1 is 1.47 bits per heavy atom. The molecule has 0 saturated carbocycles. The molecule has 0 bridgehead atoms. The molecule has 1 aliphatic rings. The van der Waals surface area contributed by atoms with Crippen LogP contribution in [-0.2, 0) is 4.79 Å². The first-order valence-corrected chi connectivity index (χ1v) is 6.22. The fourth-order valence-electron chi connectivity index (χ4n) is 1.89. The normalized spacial score (nSPS) is 19.5. The third-order valence-electron chi connectivity index (χ3n) is 2.74. The second-order valence-electron chi connectivity index (χ2n) is 3.83. The highest BCUT2D eigenvalue weighted by atomic mass is 32.2. The molecule has 0 aliphatic carbocycles. The summed E-state index contributed by atoms with van der Waals surface area (Å²) in [4.78, 5) is 18.1. The Hall–Kier alpha value is -1.75. The van der Waals surface area contributed by atoms with Crippen molar-refractivity contribution in [3.05, 3.63) is 36.0 Å². The minimum atomic E-state index is -1.10. The van der Waals surface area contributed by atoms with E-state index in [0.29, 0.717) is 5.75 Å². The first-order valence-electron chi connectivity index (χ1n) is 5.23. The number of benzene rings is 1. The van der Waals surface area contributed by atoms with Crippen molar-refractivity contribution in [2.24, 2.45) is 4.99 Å². The molecule has 3 rings (SSSR count). The van der Waals surface area contributed by atoms with Crippen molar-refractivity contribution in [1.82, 2.24) is 4.98 Å². The number of aromatic amines is 1. The van der Waals surface area contributed by atoms with Gasteiger partial charge in [0, 0.05) is 28.4 Å². The van der Waals surface area contributed by atoms with Crippen molar-refractivity contribution in [3.63, 3.8) is 0 Å². The summed E-state index contributed by atoms with van der Waals surface area (Å²) in [5, 5.41) is 12.6. The number of aliphatic carboxylic acids is 1. The standard InChI is InChI=1S/C12H10N2O2S/c15-12(16)10-6-17-11(14-10)8-5-13-9-4-2-1-3-7(8)9/h1-5,10,13H,6H2,(H,15,16)/p-1/t10-/m0/s1. The van der Waals surface area contributed by atoms with Gasteiger partial charge >= 0.3 is 0 Å². The van der Waals surface area contributed by atoms with E-state index in [9.17, 15) is 9.90 Å². The van der Waals surface area contributed by atoms with Crippen molar-refractivity contribution in [2.45, 2.75) is 6.04 Å². The van der Waals surface area contributed by atoms with Gasteiger partial charge in [0.25, 0.3) is 0 Å². The maximum Gasteiger partial charge on any atom is 0.101 e. The average molecular weight is 245 g/mol. The van der Waals surface area contributed by atoms with Gasteiger partial charge in [-0.2, -0.15) is 0 Å². The Balaban J connectivity index is 2.05. The molecule has 0 radical (unpaired) electrons. The first-order chi connectivity index (χ1) is 8.25. The Morgan fingerprint density at radius 2 is 2.29 bits per heavy atom. The Morgan fingerprint density at radius 3 is 3.06 bits per heavy atom. The predicted octanol–water partition coefficient (Wildman–Crippen LogP) is 0.780. The van der Waals surface area contributed by atoms with Crippen molar-refractivity contribution < 1.29 is 9.90 Å². The molecule has 2 aromatic rings. The molecule has 2 heterocycles. The summed E-state index contributed by atoms with van der Waals surface area (Å²) in [5.74, 6) is -0.649. The monoisotopic (exact) mass is 245 g/mol. The van der Waals surface area contributed by atoms with Crippen molar-refractivity contribution in [1.29, 1.82) is 0 Å². The van der Waals surface area contributed by atoms with Crippen LogP contribution in [0.15, 0.2) is 35.5 Å². The summed E-state index contributed by atoms with van der Waals surface area (Å²) >= 11 is 1.46. The molecule has 5 heteroatoms. The third kappa shape index (κ3) is 1.72. The molecular weight excluding hydrogens is 236 g/mol. The van der Waals surface area contributed by atoms with Crippen LogP contribution < -0.4 is 5.11 Å². The van der Waals surface area contributed by atoms with Gasteiger partial charge < -0.3 is 14.9 Å². The van der Waals surface area contributed by atoms with Gasteiger partial charge in [0.2, 0.25) is 0 Å². The molecule has 4 nitrogen and oxygen atoms in total. The van der Waals surface area contributed by atoms with E-state index < -0.39 is 12.0 Å². The molecular formula is C12H9N2O2S-. The second kappa shape index (κ2) is 3.92. The van der Waals surface area contributed by atoms with Crippen LogP contribution >= 0.6 is 11.8 Å². The van der Waals surface area contributed by atoms with Crippen molar-refractivity contribution in [2.75, 3.05) is 5.75 Å². The van der Waals surface area contributed by atoms with Gasteiger partial charge in [0.05, 0.1) is 5.97 Å². The third-order valence-corrected chi connectivity index (χ3v) is 3.82. The molecule has 0 unspecified atom stereocenters. The van der Waals surface area contributed by atoms with Crippen LogP contribution in [0.5, 0.6) is 0 Å². The number of carbonyl (C=O) groups excluding carboxylic acids is 1. The van der Waals surface area contributed by atoms with Crippen LogP contribution in [0, 0.1) is 0 Å². The molecule has 17 heavy (non-hydrogen) atoms.